The molecule has 2 heterocycles. The van der Waals surface area contributed by atoms with E-state index in [9.17, 15) is 23.1 Å². The average molecular weight is 541 g/mol. The predicted molar refractivity (Wildman–Crippen MR) is 139 cm³/mol. The number of aliphatic hydroxyl groups excluding tert-OH is 1. The van der Waals surface area contributed by atoms with Crippen molar-refractivity contribution in [1.82, 2.24) is 20.2 Å². The van der Waals surface area contributed by atoms with Crippen LogP contribution < -0.4 is 20.4 Å². The molecule has 0 radical (unpaired) electrons. The summed E-state index contributed by atoms with van der Waals surface area (Å²) in [6.45, 7) is 1.04. The van der Waals surface area contributed by atoms with Crippen LogP contribution in [0, 0.1) is 0 Å². The molecule has 2 aromatic carbocycles. The normalized spacial score (nSPS) is 17.4. The van der Waals surface area contributed by atoms with Crippen LogP contribution in [0.3, 0.4) is 0 Å². The number of anilines is 2. The standard InChI is InChI=1S/C25H28N6O6S/c32-22-11-15-31(17-21(22)29-25-27-12-5-13-28-25)19-7-4-6-18(16-19)24(34)26-14-10-23(33)37-30-38(35,36)20-8-2-1-3-9-20/h1-9,12-13,16,21-22,30,32H,10-11,14-15,17H2,(H,26,34)(H,27,28,29)/t21-,22-/m1/s1. The van der Waals surface area contributed by atoms with Gasteiger partial charge in [0.25, 0.3) is 15.9 Å². The number of amides is 1. The van der Waals surface area contributed by atoms with E-state index in [0.717, 1.165) is 5.69 Å². The Hall–Kier alpha value is -4.07. The Balaban J connectivity index is 1.27. The molecule has 1 aliphatic rings. The van der Waals surface area contributed by atoms with E-state index in [1.165, 1.54) is 12.1 Å². The fourth-order valence-corrected chi connectivity index (χ4v) is 4.69. The monoisotopic (exact) mass is 540 g/mol. The van der Waals surface area contributed by atoms with Gasteiger partial charge in [-0.1, -0.05) is 24.3 Å². The summed E-state index contributed by atoms with van der Waals surface area (Å²) >= 11 is 0. The lowest BCUT2D eigenvalue weighted by molar-refractivity contribution is -0.146. The third kappa shape index (κ3) is 7.25. The summed E-state index contributed by atoms with van der Waals surface area (Å²) in [6.07, 6.45) is 2.96. The molecule has 3 aromatic rings. The summed E-state index contributed by atoms with van der Waals surface area (Å²) in [5.74, 6) is -0.807. The summed E-state index contributed by atoms with van der Waals surface area (Å²) in [4.78, 5) is 41.3. The van der Waals surface area contributed by atoms with E-state index in [1.807, 2.05) is 6.07 Å². The van der Waals surface area contributed by atoms with Crippen LogP contribution in [-0.4, -0.2) is 67.1 Å². The summed E-state index contributed by atoms with van der Waals surface area (Å²) in [5, 5.41) is 16.2. The Morgan fingerprint density at radius 3 is 2.58 bits per heavy atom. The van der Waals surface area contributed by atoms with Gasteiger partial charge in [0.15, 0.2) is 0 Å². The molecule has 13 heteroatoms. The second kappa shape index (κ2) is 12.4. The average Bonchev–Trinajstić information content (AvgIpc) is 2.94. The van der Waals surface area contributed by atoms with E-state index in [0.29, 0.717) is 31.0 Å². The van der Waals surface area contributed by atoms with E-state index in [2.05, 4.69) is 30.3 Å². The number of hydrogen-bond acceptors (Lipinski definition) is 10. The van der Waals surface area contributed by atoms with Crippen molar-refractivity contribution in [2.75, 3.05) is 29.9 Å². The maximum Gasteiger partial charge on any atom is 0.327 e. The van der Waals surface area contributed by atoms with E-state index >= 15 is 0 Å². The number of benzene rings is 2. The van der Waals surface area contributed by atoms with Crippen LogP contribution in [-0.2, 0) is 19.7 Å². The van der Waals surface area contributed by atoms with Crippen molar-refractivity contribution in [3.05, 3.63) is 78.6 Å². The van der Waals surface area contributed by atoms with E-state index in [1.54, 1.807) is 59.7 Å². The number of nitrogens with one attached hydrogen (secondary N) is 3. The van der Waals surface area contributed by atoms with E-state index in [-0.39, 0.29) is 23.9 Å². The molecule has 4 N–H and O–H groups in total. The predicted octanol–water partition coefficient (Wildman–Crippen LogP) is 1.08. The van der Waals surface area contributed by atoms with Gasteiger partial charge in [-0.2, -0.15) is 0 Å². The van der Waals surface area contributed by atoms with Gasteiger partial charge in [-0.15, -0.1) is 0 Å². The molecule has 12 nitrogen and oxygen atoms in total. The topological polar surface area (TPSA) is 163 Å². The smallest absolute Gasteiger partial charge is 0.327 e. The molecule has 1 amide bonds. The molecule has 200 valence electrons. The summed E-state index contributed by atoms with van der Waals surface area (Å²) in [7, 11) is -3.99. The Bertz CT molecular complexity index is 1340. The van der Waals surface area contributed by atoms with Gasteiger partial charge in [0.2, 0.25) is 5.95 Å². The highest BCUT2D eigenvalue weighted by Crippen LogP contribution is 2.23. The Morgan fingerprint density at radius 1 is 1.05 bits per heavy atom. The van der Waals surface area contributed by atoms with Gasteiger partial charge in [-0.25, -0.2) is 18.4 Å². The second-order valence-electron chi connectivity index (χ2n) is 8.56. The third-order valence-corrected chi connectivity index (χ3v) is 7.06. The number of hydrogen-bond donors (Lipinski definition) is 4. The molecule has 38 heavy (non-hydrogen) atoms. The fourth-order valence-electron chi connectivity index (χ4n) is 3.88. The number of piperidine rings is 1. The van der Waals surface area contributed by atoms with Gasteiger partial charge >= 0.3 is 5.97 Å². The molecule has 0 bridgehead atoms. The largest absolute Gasteiger partial charge is 0.391 e. The van der Waals surface area contributed by atoms with Crippen LogP contribution >= 0.6 is 0 Å². The molecule has 1 fully saturated rings. The first kappa shape index (κ1) is 27.0. The highest BCUT2D eigenvalue weighted by atomic mass is 32.2. The molecule has 2 atom stereocenters. The molecule has 0 spiro atoms. The number of aromatic nitrogens is 2. The van der Waals surface area contributed by atoms with Gasteiger partial charge in [-0.05, 0) is 47.7 Å². The number of rotatable bonds is 10. The molecule has 1 aliphatic heterocycles. The molecule has 1 saturated heterocycles. The number of aliphatic hydroxyl groups is 1. The second-order valence-corrected chi connectivity index (χ2v) is 10.2. The van der Waals surface area contributed by atoms with Crippen molar-refractivity contribution >= 4 is 33.5 Å². The number of carbonyl (C=O) groups is 2. The van der Waals surface area contributed by atoms with E-state index < -0.39 is 28.0 Å². The maximum atomic E-state index is 12.7. The van der Waals surface area contributed by atoms with Gasteiger partial charge in [0.05, 0.1) is 23.5 Å². The van der Waals surface area contributed by atoms with Crippen molar-refractivity contribution in [1.29, 1.82) is 0 Å². The summed E-state index contributed by atoms with van der Waals surface area (Å²) in [5.41, 5.74) is 1.20. The zero-order valence-electron chi connectivity index (χ0n) is 20.4. The SMILES string of the molecule is O=C(CCNC(=O)c1cccc(N2CC[C@@H](O)[C@H](Nc3ncccn3)C2)c1)ONS(=O)(=O)c1ccccc1. The summed E-state index contributed by atoms with van der Waals surface area (Å²) in [6, 6.07) is 15.9. The Kier molecular flexibility index (Phi) is 8.84. The number of carbonyl (C=O) groups excluding carboxylic acids is 2. The lowest BCUT2D eigenvalue weighted by atomic mass is 10.0. The van der Waals surface area contributed by atoms with Gasteiger partial charge in [0, 0.05) is 43.3 Å². The molecular formula is C25H28N6O6S. The van der Waals surface area contributed by atoms with Gasteiger partial charge in [0.1, 0.15) is 0 Å². The van der Waals surface area contributed by atoms with Crippen molar-refractivity contribution in [2.45, 2.75) is 29.9 Å². The number of nitrogens with zero attached hydrogens (tertiary/aromatic N) is 3. The Morgan fingerprint density at radius 2 is 1.82 bits per heavy atom. The molecule has 1 aromatic heterocycles. The fraction of sp³-hybridized carbons (Fsp3) is 0.280. The minimum absolute atomic E-state index is 0.0419. The first-order chi connectivity index (χ1) is 18.3. The third-order valence-electron chi connectivity index (χ3n) is 5.86. The Labute approximate surface area is 220 Å². The van der Waals surface area contributed by atoms with Crippen LogP contribution in [0.25, 0.3) is 0 Å². The van der Waals surface area contributed by atoms with Crippen LogP contribution in [0.5, 0.6) is 0 Å². The lowest BCUT2D eigenvalue weighted by Gasteiger charge is -2.38. The van der Waals surface area contributed by atoms with Crippen LogP contribution in [0.2, 0.25) is 0 Å². The quantitative estimate of drug-likeness (QED) is 0.274. The summed E-state index contributed by atoms with van der Waals surface area (Å²) < 4.78 is 24.2. The molecule has 0 saturated carbocycles. The van der Waals surface area contributed by atoms with Crippen molar-refractivity contribution in [3.63, 3.8) is 0 Å². The molecule has 4 rings (SSSR count). The minimum atomic E-state index is -3.99. The first-order valence-corrected chi connectivity index (χ1v) is 13.4. The zero-order chi connectivity index (χ0) is 27.0. The highest BCUT2D eigenvalue weighted by molar-refractivity contribution is 7.89. The van der Waals surface area contributed by atoms with Crippen molar-refractivity contribution < 1.29 is 28.0 Å². The highest BCUT2D eigenvalue weighted by Gasteiger charge is 2.28. The van der Waals surface area contributed by atoms with Crippen molar-refractivity contribution in [3.8, 4) is 0 Å². The van der Waals surface area contributed by atoms with Crippen LogP contribution in [0.4, 0.5) is 11.6 Å². The van der Waals surface area contributed by atoms with Gasteiger partial charge < -0.3 is 25.5 Å². The number of sulfonamides is 1. The first-order valence-electron chi connectivity index (χ1n) is 11.9. The van der Waals surface area contributed by atoms with E-state index in [4.69, 9.17) is 0 Å². The lowest BCUT2D eigenvalue weighted by Crippen LogP contribution is -2.50. The van der Waals surface area contributed by atoms with Gasteiger partial charge in [-0.3, -0.25) is 9.59 Å². The van der Waals surface area contributed by atoms with Crippen molar-refractivity contribution in [2.24, 2.45) is 0 Å². The molecule has 0 unspecified atom stereocenters. The zero-order valence-corrected chi connectivity index (χ0v) is 21.2. The molecular weight excluding hydrogens is 512 g/mol. The maximum absolute atomic E-state index is 12.7. The molecule has 0 aliphatic carbocycles. The van der Waals surface area contributed by atoms with Crippen LogP contribution in [0.15, 0.2) is 78.0 Å². The minimum Gasteiger partial charge on any atom is -0.391 e. The van der Waals surface area contributed by atoms with Crippen LogP contribution in [0.1, 0.15) is 23.2 Å².